The van der Waals surface area contributed by atoms with Crippen molar-refractivity contribution in [2.75, 3.05) is 12.9 Å². The molecule has 0 fully saturated rings. The molecule has 21 heavy (non-hydrogen) atoms. The fourth-order valence-corrected chi connectivity index (χ4v) is 2.89. The van der Waals surface area contributed by atoms with Crippen LogP contribution >= 0.6 is 11.8 Å². The predicted octanol–water partition coefficient (Wildman–Crippen LogP) is 3.09. The van der Waals surface area contributed by atoms with Gasteiger partial charge in [-0.1, -0.05) is 6.07 Å². The number of benzene rings is 1. The molecule has 0 radical (unpaired) electrons. The maximum atomic E-state index is 12.1. The molecule has 0 aliphatic heterocycles. The number of carbonyl (C=O) groups excluding carboxylic acids is 1. The summed E-state index contributed by atoms with van der Waals surface area (Å²) in [6.45, 7) is 4.13. The van der Waals surface area contributed by atoms with Gasteiger partial charge in [-0.25, -0.2) is 14.8 Å². The molecule has 0 unspecified atom stereocenters. The maximum absolute atomic E-state index is 12.1. The Morgan fingerprint density at radius 1 is 1.43 bits per heavy atom. The third-order valence-electron chi connectivity index (χ3n) is 3.24. The van der Waals surface area contributed by atoms with Gasteiger partial charge in [0.25, 0.3) is 0 Å². The first-order valence-electron chi connectivity index (χ1n) is 6.64. The average Bonchev–Trinajstić information content (AvgIpc) is 2.92. The van der Waals surface area contributed by atoms with Crippen LogP contribution in [0.15, 0.2) is 29.6 Å². The number of ether oxygens (including phenoxy) is 1. The van der Waals surface area contributed by atoms with E-state index in [9.17, 15) is 4.79 Å². The van der Waals surface area contributed by atoms with Crippen molar-refractivity contribution >= 4 is 34.3 Å². The van der Waals surface area contributed by atoms with E-state index in [2.05, 4.69) is 9.97 Å². The van der Waals surface area contributed by atoms with Crippen molar-refractivity contribution in [3.63, 3.8) is 0 Å². The van der Waals surface area contributed by atoms with Gasteiger partial charge in [-0.15, -0.1) is 11.8 Å². The Bertz CT molecular complexity index is 842. The largest absolute Gasteiger partial charge is 0.461 e. The minimum atomic E-state index is -0.413. The number of thioether (sulfide) groups is 1. The van der Waals surface area contributed by atoms with Crippen molar-refractivity contribution in [3.05, 3.63) is 35.8 Å². The van der Waals surface area contributed by atoms with Gasteiger partial charge in [-0.3, -0.25) is 4.40 Å². The van der Waals surface area contributed by atoms with E-state index in [4.69, 9.17) is 4.74 Å². The van der Waals surface area contributed by atoms with Crippen molar-refractivity contribution in [2.24, 2.45) is 0 Å². The lowest BCUT2D eigenvalue weighted by atomic mass is 10.2. The molecule has 2 aromatic heterocycles. The van der Waals surface area contributed by atoms with Gasteiger partial charge < -0.3 is 4.74 Å². The first-order valence-corrected chi connectivity index (χ1v) is 7.86. The molecule has 3 rings (SSSR count). The van der Waals surface area contributed by atoms with Crippen LogP contribution in [0.2, 0.25) is 0 Å². The first kappa shape index (κ1) is 13.9. The lowest BCUT2D eigenvalue weighted by Gasteiger charge is -2.08. The summed E-state index contributed by atoms with van der Waals surface area (Å²) < 4.78 is 6.99. The van der Waals surface area contributed by atoms with Crippen LogP contribution in [-0.4, -0.2) is 33.2 Å². The van der Waals surface area contributed by atoms with E-state index in [0.29, 0.717) is 17.8 Å². The molecule has 0 atom stereocenters. The zero-order valence-corrected chi connectivity index (χ0v) is 12.9. The van der Waals surface area contributed by atoms with Crippen molar-refractivity contribution < 1.29 is 9.53 Å². The van der Waals surface area contributed by atoms with Crippen LogP contribution in [-0.2, 0) is 4.74 Å². The Morgan fingerprint density at radius 3 is 2.95 bits per heavy atom. The minimum Gasteiger partial charge on any atom is -0.461 e. The van der Waals surface area contributed by atoms with Crippen LogP contribution in [0.4, 0.5) is 0 Å². The van der Waals surface area contributed by atoms with Crippen LogP contribution in [0.3, 0.4) is 0 Å². The summed E-state index contributed by atoms with van der Waals surface area (Å²) in [5, 5.41) is 0.770. The van der Waals surface area contributed by atoms with E-state index in [0.717, 1.165) is 21.6 Å². The van der Waals surface area contributed by atoms with Crippen LogP contribution in [0, 0.1) is 6.92 Å². The lowest BCUT2D eigenvalue weighted by Crippen LogP contribution is -2.06. The third kappa shape index (κ3) is 2.25. The monoisotopic (exact) mass is 301 g/mol. The van der Waals surface area contributed by atoms with Gasteiger partial charge in [0.2, 0.25) is 0 Å². The summed E-state index contributed by atoms with van der Waals surface area (Å²) >= 11 is 1.49. The van der Waals surface area contributed by atoms with Gasteiger partial charge in [0.15, 0.2) is 5.69 Å². The lowest BCUT2D eigenvalue weighted by molar-refractivity contribution is 0.0522. The molecule has 0 saturated heterocycles. The molecule has 0 aliphatic carbocycles. The van der Waals surface area contributed by atoms with Gasteiger partial charge in [0.1, 0.15) is 16.9 Å². The van der Waals surface area contributed by atoms with Gasteiger partial charge >= 0.3 is 5.97 Å². The highest BCUT2D eigenvalue weighted by Crippen LogP contribution is 2.27. The number of rotatable bonds is 3. The second-order valence-corrected chi connectivity index (χ2v) is 5.44. The van der Waals surface area contributed by atoms with Crippen molar-refractivity contribution in [3.8, 4) is 0 Å². The van der Waals surface area contributed by atoms with Crippen LogP contribution in [0.5, 0.6) is 0 Å². The number of aromatic nitrogens is 3. The topological polar surface area (TPSA) is 56.5 Å². The first-order chi connectivity index (χ1) is 10.2. The number of nitrogens with zero attached hydrogens (tertiary/aromatic N) is 3. The standard InChI is InChI=1S/C15H15N3O2S/c1-4-20-15(19)12-13-14(21-3)17-10-6-5-9(2)7-11(10)18(13)8-16-12/h5-8H,4H2,1-3H3. The fraction of sp³-hybridized carbons (Fsp3) is 0.267. The number of esters is 1. The van der Waals surface area contributed by atoms with E-state index >= 15 is 0 Å². The molecule has 0 bridgehead atoms. The number of hydrogen-bond donors (Lipinski definition) is 0. The number of hydrogen-bond acceptors (Lipinski definition) is 5. The van der Waals surface area contributed by atoms with Gasteiger partial charge in [-0.2, -0.15) is 0 Å². The van der Waals surface area contributed by atoms with Gasteiger partial charge in [0, 0.05) is 0 Å². The second-order valence-electron chi connectivity index (χ2n) is 4.65. The molecule has 0 amide bonds. The van der Waals surface area contributed by atoms with Crippen LogP contribution in [0.1, 0.15) is 23.0 Å². The molecule has 1 aromatic carbocycles. The fourth-order valence-electron chi connectivity index (χ4n) is 2.31. The molecule has 5 nitrogen and oxygen atoms in total. The minimum absolute atomic E-state index is 0.317. The van der Waals surface area contributed by atoms with Crippen molar-refractivity contribution in [1.82, 2.24) is 14.4 Å². The van der Waals surface area contributed by atoms with E-state index in [1.165, 1.54) is 11.8 Å². The zero-order chi connectivity index (χ0) is 15.0. The Hall–Kier alpha value is -2.08. The molecule has 0 N–H and O–H groups in total. The van der Waals surface area contributed by atoms with Gasteiger partial charge in [0.05, 0.1) is 17.6 Å². The molecule has 2 heterocycles. The number of aryl methyl sites for hydroxylation is 1. The Morgan fingerprint density at radius 2 is 2.24 bits per heavy atom. The summed E-state index contributed by atoms with van der Waals surface area (Å²) in [5.74, 6) is -0.413. The summed E-state index contributed by atoms with van der Waals surface area (Å²) in [5.41, 5.74) is 3.97. The van der Waals surface area contributed by atoms with Crippen molar-refractivity contribution in [2.45, 2.75) is 18.9 Å². The molecule has 0 spiro atoms. The van der Waals surface area contributed by atoms with Crippen LogP contribution in [0.25, 0.3) is 16.6 Å². The number of fused-ring (bicyclic) bond motifs is 3. The van der Waals surface area contributed by atoms with E-state index in [1.54, 1.807) is 13.3 Å². The average molecular weight is 301 g/mol. The Labute approximate surface area is 126 Å². The van der Waals surface area contributed by atoms with E-state index in [1.807, 2.05) is 35.8 Å². The summed E-state index contributed by atoms with van der Waals surface area (Å²) in [4.78, 5) is 20.9. The Balaban J connectivity index is 2.37. The third-order valence-corrected chi connectivity index (χ3v) is 3.92. The maximum Gasteiger partial charge on any atom is 0.359 e. The van der Waals surface area contributed by atoms with Crippen LogP contribution < -0.4 is 0 Å². The molecule has 3 aromatic rings. The molecule has 0 aliphatic rings. The smallest absolute Gasteiger partial charge is 0.359 e. The van der Waals surface area contributed by atoms with E-state index in [-0.39, 0.29) is 0 Å². The van der Waals surface area contributed by atoms with Crippen molar-refractivity contribution in [1.29, 1.82) is 0 Å². The molecule has 108 valence electrons. The molecular formula is C15H15N3O2S. The molecule has 6 heteroatoms. The quantitative estimate of drug-likeness (QED) is 0.549. The molecular weight excluding hydrogens is 286 g/mol. The number of carbonyl (C=O) groups is 1. The summed E-state index contributed by atoms with van der Waals surface area (Å²) in [6, 6.07) is 6.04. The SMILES string of the molecule is CCOC(=O)c1ncn2c1c(SC)nc1ccc(C)cc12. The Kier molecular flexibility index (Phi) is 3.55. The normalized spacial score (nSPS) is 11.2. The summed E-state index contributed by atoms with van der Waals surface area (Å²) in [7, 11) is 0. The van der Waals surface area contributed by atoms with E-state index < -0.39 is 5.97 Å². The predicted molar refractivity (Wildman–Crippen MR) is 83.0 cm³/mol. The highest BCUT2D eigenvalue weighted by atomic mass is 32.2. The molecule has 0 saturated carbocycles. The summed E-state index contributed by atoms with van der Waals surface area (Å²) in [6.07, 6.45) is 3.59. The highest BCUT2D eigenvalue weighted by molar-refractivity contribution is 7.98. The zero-order valence-electron chi connectivity index (χ0n) is 12.1. The highest BCUT2D eigenvalue weighted by Gasteiger charge is 2.20. The second kappa shape index (κ2) is 5.37. The number of imidazole rings is 1. The van der Waals surface area contributed by atoms with Gasteiger partial charge in [-0.05, 0) is 37.8 Å².